The summed E-state index contributed by atoms with van der Waals surface area (Å²) in [6.45, 7) is 1.86. The van der Waals surface area contributed by atoms with Crippen LogP contribution >= 0.6 is 11.6 Å². The Balaban J connectivity index is 2.27. The van der Waals surface area contributed by atoms with Gasteiger partial charge in [-0.25, -0.2) is 8.42 Å². The van der Waals surface area contributed by atoms with E-state index in [1.165, 1.54) is 4.90 Å². The number of halogens is 1. The van der Waals surface area contributed by atoms with Crippen LogP contribution in [0.25, 0.3) is 0 Å². The number of sulfonamides is 1. The molecule has 0 heterocycles. The van der Waals surface area contributed by atoms with Crippen LogP contribution in [0, 0.1) is 0 Å². The minimum Gasteiger partial charge on any atom is -0.496 e. The van der Waals surface area contributed by atoms with E-state index in [-0.39, 0.29) is 5.91 Å². The molecule has 0 fully saturated rings. The van der Waals surface area contributed by atoms with Gasteiger partial charge in [-0.15, -0.1) is 0 Å². The van der Waals surface area contributed by atoms with Crippen molar-refractivity contribution in [2.75, 3.05) is 24.7 Å². The molecule has 0 aromatic heterocycles. The Hall–Kier alpha value is -2.25. The standard InChI is InChI=1S/C19H23ClN2O4S/c1-14(22(27(4,24)25)17-11-9-16(20)10-12-17)19(23)21(2)13-15-7-5-6-8-18(15)26-3/h5-12,14H,13H2,1-4H3/t14-/m1/s1. The van der Waals surface area contributed by atoms with Gasteiger partial charge in [0.15, 0.2) is 0 Å². The second-order valence-electron chi connectivity index (χ2n) is 6.22. The highest BCUT2D eigenvalue weighted by Gasteiger charge is 2.31. The number of para-hydroxylation sites is 1. The number of hydrogen-bond acceptors (Lipinski definition) is 4. The quantitative estimate of drug-likeness (QED) is 0.703. The van der Waals surface area contributed by atoms with Crippen molar-refractivity contribution in [1.82, 2.24) is 4.90 Å². The number of benzene rings is 2. The molecule has 6 nitrogen and oxygen atoms in total. The van der Waals surface area contributed by atoms with E-state index in [4.69, 9.17) is 16.3 Å². The summed E-state index contributed by atoms with van der Waals surface area (Å²) in [5, 5.41) is 0.486. The summed E-state index contributed by atoms with van der Waals surface area (Å²) in [5.74, 6) is 0.337. The predicted octanol–water partition coefficient (Wildman–Crippen LogP) is 3.16. The molecule has 0 unspecified atom stereocenters. The highest BCUT2D eigenvalue weighted by molar-refractivity contribution is 7.92. The maximum absolute atomic E-state index is 12.9. The Morgan fingerprint density at radius 1 is 1.15 bits per heavy atom. The van der Waals surface area contributed by atoms with Crippen LogP contribution in [0.15, 0.2) is 48.5 Å². The molecule has 0 spiro atoms. The number of rotatable bonds is 7. The summed E-state index contributed by atoms with van der Waals surface area (Å²) in [7, 11) is -0.479. The Labute approximate surface area is 165 Å². The van der Waals surface area contributed by atoms with Crippen LogP contribution in [0.1, 0.15) is 12.5 Å². The zero-order chi connectivity index (χ0) is 20.2. The number of likely N-dealkylation sites (N-methyl/N-ethyl adjacent to an activating group) is 1. The van der Waals surface area contributed by atoms with Gasteiger partial charge in [0.2, 0.25) is 15.9 Å². The molecule has 2 aromatic carbocycles. The van der Waals surface area contributed by atoms with Crippen LogP contribution in [-0.2, 0) is 21.4 Å². The molecule has 2 rings (SSSR count). The molecule has 0 aliphatic carbocycles. The summed E-state index contributed by atoms with van der Waals surface area (Å²) < 4.78 is 31.1. The second-order valence-corrected chi connectivity index (χ2v) is 8.51. The first-order chi connectivity index (χ1) is 12.6. The lowest BCUT2D eigenvalue weighted by Gasteiger charge is -2.31. The largest absolute Gasteiger partial charge is 0.496 e. The van der Waals surface area contributed by atoms with Crippen molar-refractivity contribution in [1.29, 1.82) is 0 Å². The minimum absolute atomic E-state index is 0.297. The van der Waals surface area contributed by atoms with Crippen molar-refractivity contribution in [2.24, 2.45) is 0 Å². The summed E-state index contributed by atoms with van der Waals surface area (Å²) in [5.41, 5.74) is 1.22. The summed E-state index contributed by atoms with van der Waals surface area (Å²) in [4.78, 5) is 14.4. The maximum Gasteiger partial charge on any atom is 0.246 e. The molecule has 1 amide bonds. The van der Waals surface area contributed by atoms with Crippen LogP contribution in [0.5, 0.6) is 5.75 Å². The van der Waals surface area contributed by atoms with Crippen LogP contribution in [0.4, 0.5) is 5.69 Å². The van der Waals surface area contributed by atoms with E-state index in [1.54, 1.807) is 45.3 Å². The molecule has 0 aliphatic heterocycles. The molecular weight excluding hydrogens is 388 g/mol. The lowest BCUT2D eigenvalue weighted by Crippen LogP contribution is -2.48. The molecular formula is C19H23ClN2O4S. The van der Waals surface area contributed by atoms with Crippen LogP contribution in [0.2, 0.25) is 5.02 Å². The first kappa shape index (κ1) is 21.1. The van der Waals surface area contributed by atoms with Crippen molar-refractivity contribution in [2.45, 2.75) is 19.5 Å². The van der Waals surface area contributed by atoms with E-state index in [9.17, 15) is 13.2 Å². The van der Waals surface area contributed by atoms with E-state index in [1.807, 2.05) is 24.3 Å². The number of methoxy groups -OCH3 is 1. The highest BCUT2D eigenvalue weighted by Crippen LogP contribution is 2.24. The molecule has 0 aliphatic rings. The zero-order valence-electron chi connectivity index (χ0n) is 15.7. The lowest BCUT2D eigenvalue weighted by atomic mass is 10.1. The third kappa shape index (κ3) is 5.14. The van der Waals surface area contributed by atoms with E-state index >= 15 is 0 Å². The number of hydrogen-bond donors (Lipinski definition) is 0. The minimum atomic E-state index is -3.68. The maximum atomic E-state index is 12.9. The summed E-state index contributed by atoms with van der Waals surface area (Å²) in [6.07, 6.45) is 1.08. The Morgan fingerprint density at radius 2 is 1.74 bits per heavy atom. The fraction of sp³-hybridized carbons (Fsp3) is 0.316. The normalized spacial score (nSPS) is 12.3. The van der Waals surface area contributed by atoms with Gasteiger partial charge >= 0.3 is 0 Å². The number of amides is 1. The number of carbonyl (C=O) groups is 1. The van der Waals surface area contributed by atoms with Crippen molar-refractivity contribution >= 4 is 33.2 Å². The van der Waals surface area contributed by atoms with E-state index in [0.29, 0.717) is 23.0 Å². The first-order valence-corrected chi connectivity index (χ1v) is 10.5. The van der Waals surface area contributed by atoms with Gasteiger partial charge in [0.25, 0.3) is 0 Å². The van der Waals surface area contributed by atoms with Crippen LogP contribution in [-0.4, -0.2) is 45.7 Å². The summed E-state index contributed by atoms with van der Waals surface area (Å²) in [6, 6.07) is 12.8. The van der Waals surface area contributed by atoms with E-state index < -0.39 is 16.1 Å². The number of ether oxygens (including phenoxy) is 1. The average Bonchev–Trinajstić information content (AvgIpc) is 2.62. The van der Waals surface area contributed by atoms with E-state index in [0.717, 1.165) is 16.1 Å². The van der Waals surface area contributed by atoms with Crippen molar-refractivity contribution in [3.63, 3.8) is 0 Å². The van der Waals surface area contributed by atoms with Crippen LogP contribution in [0.3, 0.4) is 0 Å². The molecule has 0 N–H and O–H groups in total. The van der Waals surface area contributed by atoms with Gasteiger partial charge < -0.3 is 9.64 Å². The number of nitrogens with zero attached hydrogens (tertiary/aromatic N) is 2. The number of anilines is 1. The first-order valence-electron chi connectivity index (χ1n) is 8.27. The van der Waals surface area contributed by atoms with Gasteiger partial charge in [0.05, 0.1) is 19.1 Å². The fourth-order valence-electron chi connectivity index (χ4n) is 2.88. The third-order valence-corrected chi connectivity index (χ3v) is 5.62. The fourth-order valence-corrected chi connectivity index (χ4v) is 4.17. The third-order valence-electron chi connectivity index (χ3n) is 4.12. The van der Waals surface area contributed by atoms with Gasteiger partial charge in [-0.05, 0) is 37.3 Å². The molecule has 27 heavy (non-hydrogen) atoms. The molecule has 0 bridgehead atoms. The predicted molar refractivity (Wildman–Crippen MR) is 108 cm³/mol. The SMILES string of the molecule is COc1ccccc1CN(C)C(=O)[C@@H](C)N(c1ccc(Cl)cc1)S(C)(=O)=O. The van der Waals surface area contributed by atoms with Gasteiger partial charge in [0.1, 0.15) is 11.8 Å². The molecule has 0 radical (unpaired) electrons. The molecule has 146 valence electrons. The van der Waals surface area contributed by atoms with Crippen molar-refractivity contribution in [3.05, 3.63) is 59.1 Å². The summed E-state index contributed by atoms with van der Waals surface area (Å²) >= 11 is 5.89. The highest BCUT2D eigenvalue weighted by atomic mass is 35.5. The van der Waals surface area contributed by atoms with Crippen molar-refractivity contribution < 1.29 is 17.9 Å². The molecule has 8 heteroatoms. The molecule has 0 saturated carbocycles. The topological polar surface area (TPSA) is 66.9 Å². The second kappa shape index (κ2) is 8.63. The van der Waals surface area contributed by atoms with Crippen LogP contribution < -0.4 is 9.04 Å². The smallest absolute Gasteiger partial charge is 0.246 e. The zero-order valence-corrected chi connectivity index (χ0v) is 17.3. The Kier molecular flexibility index (Phi) is 6.73. The Bertz CT molecular complexity index is 900. The average molecular weight is 411 g/mol. The molecule has 1 atom stereocenters. The Morgan fingerprint density at radius 3 is 2.30 bits per heavy atom. The van der Waals surface area contributed by atoms with Gasteiger partial charge in [-0.3, -0.25) is 9.10 Å². The van der Waals surface area contributed by atoms with Crippen molar-refractivity contribution in [3.8, 4) is 5.75 Å². The molecule has 0 saturated heterocycles. The van der Waals surface area contributed by atoms with Gasteiger partial charge in [0, 0.05) is 24.2 Å². The van der Waals surface area contributed by atoms with Gasteiger partial charge in [-0.2, -0.15) is 0 Å². The lowest BCUT2D eigenvalue weighted by molar-refractivity contribution is -0.131. The monoisotopic (exact) mass is 410 g/mol. The number of carbonyl (C=O) groups excluding carboxylic acids is 1. The molecule has 2 aromatic rings. The van der Waals surface area contributed by atoms with E-state index in [2.05, 4.69) is 0 Å². The van der Waals surface area contributed by atoms with Gasteiger partial charge in [-0.1, -0.05) is 29.8 Å².